The molecule has 1 aliphatic rings. The molecule has 8 nitrogen and oxygen atoms in total. The van der Waals surface area contributed by atoms with E-state index in [1.165, 1.54) is 12.1 Å². The van der Waals surface area contributed by atoms with E-state index in [4.69, 9.17) is 4.52 Å². The maximum Gasteiger partial charge on any atom is 0.181 e. The van der Waals surface area contributed by atoms with Crippen LogP contribution in [0.4, 0.5) is 0 Å². The van der Waals surface area contributed by atoms with Crippen molar-refractivity contribution in [3.05, 3.63) is 35.0 Å². The fourth-order valence-corrected chi connectivity index (χ4v) is 4.80. The largest absolute Gasteiger partial charge is 0.356 e. The van der Waals surface area contributed by atoms with Crippen LogP contribution in [0.15, 0.2) is 27.6 Å². The van der Waals surface area contributed by atoms with E-state index in [0.29, 0.717) is 12.0 Å². The van der Waals surface area contributed by atoms with Crippen LogP contribution in [-0.4, -0.2) is 43.5 Å². The quantitative estimate of drug-likeness (QED) is 0.387. The minimum Gasteiger partial charge on any atom is -0.356 e. The van der Waals surface area contributed by atoms with Crippen molar-refractivity contribution in [2.45, 2.75) is 38.0 Å². The Labute approximate surface area is 173 Å². The summed E-state index contributed by atoms with van der Waals surface area (Å²) in [6.07, 6.45) is 1.75. The molecule has 9 heteroatoms. The topological polar surface area (TPSA) is 128 Å². The predicted molar refractivity (Wildman–Crippen MR) is 106 cm³/mol. The van der Waals surface area contributed by atoms with E-state index < -0.39 is 33.1 Å². The number of aryl methyl sites for hydroxylation is 1. The molecular weight excluding hydrogens is 410 g/mol. The Morgan fingerprint density at radius 1 is 1.20 bits per heavy atom. The third-order valence-corrected chi connectivity index (χ3v) is 6.42. The molecule has 1 saturated carbocycles. The summed E-state index contributed by atoms with van der Waals surface area (Å²) in [5.41, 5.74) is 1.07. The first kappa shape index (κ1) is 21.8. The van der Waals surface area contributed by atoms with Gasteiger partial charge < -0.3 is 9.32 Å². The Hall–Kier alpha value is -2.94. The first-order chi connectivity index (χ1) is 14.0. The zero-order valence-corrected chi connectivity index (χ0v) is 17.6. The molecule has 0 N–H and O–H groups in total. The highest BCUT2D eigenvalue weighted by molar-refractivity contribution is 7.90. The Bertz CT molecular complexity index is 1140. The lowest BCUT2D eigenvalue weighted by molar-refractivity contribution is -0.135. The van der Waals surface area contributed by atoms with Crippen LogP contribution in [0.2, 0.25) is 0 Å². The number of ketones is 3. The lowest BCUT2D eigenvalue weighted by atomic mass is 9.75. The number of Topliss-reactive ketones (excluding diaryl/α,β-unsaturated/α-hetero) is 3. The first-order valence-corrected chi connectivity index (χ1v) is 11.2. The van der Waals surface area contributed by atoms with Gasteiger partial charge in [0.15, 0.2) is 32.9 Å². The predicted octanol–water partition coefficient (Wildman–Crippen LogP) is 2.30. The lowest BCUT2D eigenvalue weighted by Gasteiger charge is -2.25. The van der Waals surface area contributed by atoms with E-state index in [0.717, 1.165) is 6.26 Å². The zero-order valence-electron chi connectivity index (χ0n) is 16.8. The molecule has 0 atom stereocenters. The number of nitrogens with zero attached hydrogens (tertiary/aromatic N) is 1. The number of benzene rings is 1. The number of sulfone groups is 1. The summed E-state index contributed by atoms with van der Waals surface area (Å²) in [6.45, 7) is 3.22. The zero-order chi connectivity index (χ0) is 22.2. The van der Waals surface area contributed by atoms with Crippen LogP contribution >= 0.6 is 0 Å². The fraction of sp³-hybridized carbons (Fsp3) is 0.381. The minimum atomic E-state index is -3.66. The van der Waals surface area contributed by atoms with E-state index in [2.05, 4.69) is 5.16 Å². The molecule has 1 heterocycles. The maximum absolute atomic E-state index is 13.1. The van der Waals surface area contributed by atoms with E-state index >= 15 is 0 Å². The molecule has 3 rings (SSSR count). The summed E-state index contributed by atoms with van der Waals surface area (Å²) in [5.74, 6) is -3.37. The molecule has 0 unspecified atom stereocenters. The number of carbonyl (C=O) groups excluding carboxylic acids is 4. The van der Waals surface area contributed by atoms with Crippen molar-refractivity contribution in [1.82, 2.24) is 5.16 Å². The van der Waals surface area contributed by atoms with Crippen LogP contribution in [0.1, 0.15) is 40.9 Å². The van der Waals surface area contributed by atoms with Crippen molar-refractivity contribution in [1.29, 1.82) is 0 Å². The van der Waals surface area contributed by atoms with Crippen molar-refractivity contribution < 1.29 is 32.1 Å². The van der Waals surface area contributed by atoms with Crippen molar-refractivity contribution in [2.75, 3.05) is 6.26 Å². The van der Waals surface area contributed by atoms with Gasteiger partial charge in [-0.2, -0.15) is 0 Å². The van der Waals surface area contributed by atoms with Crippen LogP contribution in [0, 0.1) is 25.7 Å². The molecule has 0 amide bonds. The van der Waals surface area contributed by atoms with Gasteiger partial charge >= 0.3 is 0 Å². The SMILES string of the molecule is Cc1cc(-c2c(S(C)(=O)=O)ccc(C(=O)C3C(=O)CC(CC=O)CC3=O)c2C)on1. The second kappa shape index (κ2) is 8.06. The highest BCUT2D eigenvalue weighted by Crippen LogP contribution is 2.35. The van der Waals surface area contributed by atoms with Crippen molar-refractivity contribution in [3.8, 4) is 11.3 Å². The van der Waals surface area contributed by atoms with E-state index in [1.54, 1.807) is 19.9 Å². The molecule has 1 fully saturated rings. The molecule has 1 aromatic carbocycles. The van der Waals surface area contributed by atoms with E-state index in [1.807, 2.05) is 0 Å². The number of carbonyl (C=O) groups is 4. The molecule has 0 aliphatic heterocycles. The minimum absolute atomic E-state index is 0.0183. The first-order valence-electron chi connectivity index (χ1n) is 9.35. The number of hydrogen-bond acceptors (Lipinski definition) is 8. The molecule has 0 spiro atoms. The molecule has 0 bridgehead atoms. The third kappa shape index (κ3) is 4.02. The van der Waals surface area contributed by atoms with Crippen molar-refractivity contribution >= 4 is 33.5 Å². The number of aromatic nitrogens is 1. The number of aldehydes is 1. The molecule has 1 aliphatic carbocycles. The summed E-state index contributed by atoms with van der Waals surface area (Å²) in [6, 6.07) is 4.14. The summed E-state index contributed by atoms with van der Waals surface area (Å²) in [4.78, 5) is 48.8. The van der Waals surface area contributed by atoms with Crippen molar-refractivity contribution in [3.63, 3.8) is 0 Å². The molecule has 0 radical (unpaired) electrons. The van der Waals surface area contributed by atoms with Gasteiger partial charge in [-0.25, -0.2) is 8.42 Å². The Balaban J connectivity index is 2.09. The van der Waals surface area contributed by atoms with Crippen LogP contribution in [0.3, 0.4) is 0 Å². The molecule has 158 valence electrons. The molecule has 30 heavy (non-hydrogen) atoms. The second-order valence-corrected chi connectivity index (χ2v) is 9.61. The normalized spacial score (nSPS) is 19.7. The average Bonchev–Trinajstić information content (AvgIpc) is 3.06. The standard InChI is InChI=1S/C21H21NO7S/c1-11-8-17(29-22-11)19-12(2)14(4-5-18(19)30(3,27)28)21(26)20-15(24)9-13(6-7-23)10-16(20)25/h4-5,7-8,13,20H,6,9-10H2,1-3H3. The summed E-state index contributed by atoms with van der Waals surface area (Å²) in [5, 5.41) is 3.78. The van der Waals surface area contributed by atoms with Crippen LogP contribution in [-0.2, 0) is 24.2 Å². The van der Waals surface area contributed by atoms with Gasteiger partial charge in [0.25, 0.3) is 0 Å². The van der Waals surface area contributed by atoms with Gasteiger partial charge in [0.05, 0.1) is 10.6 Å². The molecule has 0 saturated heterocycles. The van der Waals surface area contributed by atoms with E-state index in [-0.39, 0.29) is 52.5 Å². The number of rotatable bonds is 6. The third-order valence-electron chi connectivity index (χ3n) is 5.28. The molecular formula is C21H21NO7S. The van der Waals surface area contributed by atoms with Crippen LogP contribution < -0.4 is 0 Å². The highest BCUT2D eigenvalue weighted by atomic mass is 32.2. The van der Waals surface area contributed by atoms with Gasteiger partial charge in [0.2, 0.25) is 0 Å². The van der Waals surface area contributed by atoms with Crippen molar-refractivity contribution in [2.24, 2.45) is 11.8 Å². The van der Waals surface area contributed by atoms with Crippen LogP contribution in [0.25, 0.3) is 11.3 Å². The fourth-order valence-electron chi connectivity index (χ4n) is 3.86. The van der Waals surface area contributed by atoms with Gasteiger partial charge in [-0.3, -0.25) is 14.4 Å². The highest BCUT2D eigenvalue weighted by Gasteiger charge is 2.41. The molecule has 1 aromatic heterocycles. The average molecular weight is 431 g/mol. The van der Waals surface area contributed by atoms with Gasteiger partial charge in [-0.15, -0.1) is 0 Å². The second-order valence-electron chi connectivity index (χ2n) is 7.62. The molecule has 2 aromatic rings. The lowest BCUT2D eigenvalue weighted by Crippen LogP contribution is -2.39. The van der Waals surface area contributed by atoms with Gasteiger partial charge in [0.1, 0.15) is 12.2 Å². The maximum atomic E-state index is 13.1. The number of hydrogen-bond donors (Lipinski definition) is 0. The Kier molecular flexibility index (Phi) is 5.85. The Morgan fingerprint density at radius 3 is 2.33 bits per heavy atom. The Morgan fingerprint density at radius 2 is 1.83 bits per heavy atom. The van der Waals surface area contributed by atoms with E-state index in [9.17, 15) is 27.6 Å². The monoisotopic (exact) mass is 431 g/mol. The smallest absolute Gasteiger partial charge is 0.181 e. The van der Waals surface area contributed by atoms with Gasteiger partial charge in [-0.05, 0) is 37.5 Å². The summed E-state index contributed by atoms with van der Waals surface area (Å²) >= 11 is 0. The summed E-state index contributed by atoms with van der Waals surface area (Å²) in [7, 11) is -3.66. The van der Waals surface area contributed by atoms with Gasteiger partial charge in [-0.1, -0.05) is 5.16 Å². The van der Waals surface area contributed by atoms with Gasteiger partial charge in [0, 0.05) is 42.7 Å². The van der Waals surface area contributed by atoms with Crippen LogP contribution in [0.5, 0.6) is 0 Å². The summed E-state index contributed by atoms with van der Waals surface area (Å²) < 4.78 is 29.8.